The van der Waals surface area contributed by atoms with Crippen molar-refractivity contribution in [2.75, 3.05) is 5.33 Å². The van der Waals surface area contributed by atoms with Crippen LogP contribution in [0.5, 0.6) is 0 Å². The van der Waals surface area contributed by atoms with E-state index in [9.17, 15) is 10.2 Å². The van der Waals surface area contributed by atoms with Crippen LogP contribution in [0.15, 0.2) is 16.5 Å². The molecule has 0 aromatic carbocycles. The van der Waals surface area contributed by atoms with E-state index in [1.54, 1.807) is 0 Å². The van der Waals surface area contributed by atoms with Crippen LogP contribution in [0, 0.1) is 0 Å². The smallest absolute Gasteiger partial charge is 0.193 e. The molecule has 0 saturated heterocycles. The quantitative estimate of drug-likeness (QED) is 0.809. The first-order valence-corrected chi connectivity index (χ1v) is 4.82. The average Bonchev–Trinajstić information content (AvgIpc) is 2.49. The Morgan fingerprint density at radius 2 is 2.17 bits per heavy atom. The highest BCUT2D eigenvalue weighted by Crippen LogP contribution is 2.22. The summed E-state index contributed by atoms with van der Waals surface area (Å²) in [5.74, 6) is 0.270. The van der Waals surface area contributed by atoms with Gasteiger partial charge in [-0.3, -0.25) is 0 Å². The van der Waals surface area contributed by atoms with Gasteiger partial charge in [-0.05, 0) is 23.7 Å². The van der Waals surface area contributed by atoms with E-state index in [4.69, 9.17) is 16.0 Å². The molecule has 2 N–H and O–H groups in total. The Bertz CT molecular complexity index is 251. The SMILES string of the molecule is OC(CBr)C(O)c1ccc(Cl)o1. The minimum absolute atomic E-state index is 0.200. The third kappa shape index (κ3) is 2.23. The van der Waals surface area contributed by atoms with Crippen molar-refractivity contribution in [1.82, 2.24) is 0 Å². The predicted octanol–water partition coefficient (Wildman–Crippen LogP) is 1.72. The first-order valence-electron chi connectivity index (χ1n) is 3.32. The normalized spacial score (nSPS) is 16.0. The molecule has 2 unspecified atom stereocenters. The van der Waals surface area contributed by atoms with E-state index in [0.29, 0.717) is 0 Å². The summed E-state index contributed by atoms with van der Waals surface area (Å²) in [7, 11) is 0. The van der Waals surface area contributed by atoms with Gasteiger partial charge in [0.15, 0.2) is 5.22 Å². The Morgan fingerprint density at radius 1 is 1.50 bits per heavy atom. The molecule has 0 saturated carbocycles. The van der Waals surface area contributed by atoms with E-state index < -0.39 is 12.2 Å². The zero-order chi connectivity index (χ0) is 9.14. The molecule has 0 radical (unpaired) electrons. The molecule has 1 aromatic rings. The maximum Gasteiger partial charge on any atom is 0.193 e. The Labute approximate surface area is 83.1 Å². The zero-order valence-corrected chi connectivity index (χ0v) is 8.42. The molecule has 2 atom stereocenters. The summed E-state index contributed by atoms with van der Waals surface area (Å²) in [6, 6.07) is 3.04. The van der Waals surface area contributed by atoms with Crippen molar-refractivity contribution < 1.29 is 14.6 Å². The van der Waals surface area contributed by atoms with Crippen LogP contribution in [0.3, 0.4) is 0 Å². The monoisotopic (exact) mass is 254 g/mol. The second kappa shape index (κ2) is 4.28. The van der Waals surface area contributed by atoms with Crippen LogP contribution < -0.4 is 0 Å². The Morgan fingerprint density at radius 3 is 2.58 bits per heavy atom. The van der Waals surface area contributed by atoms with Crippen LogP contribution >= 0.6 is 27.5 Å². The summed E-state index contributed by atoms with van der Waals surface area (Å²) in [4.78, 5) is 0. The maximum absolute atomic E-state index is 9.37. The van der Waals surface area contributed by atoms with Crippen LogP contribution in [-0.4, -0.2) is 21.6 Å². The van der Waals surface area contributed by atoms with Gasteiger partial charge in [-0.2, -0.15) is 0 Å². The van der Waals surface area contributed by atoms with Crippen LogP contribution in [-0.2, 0) is 0 Å². The Kier molecular flexibility index (Phi) is 3.58. The molecule has 1 aromatic heterocycles. The van der Waals surface area contributed by atoms with Gasteiger partial charge in [-0.1, -0.05) is 15.9 Å². The average molecular weight is 255 g/mol. The van der Waals surface area contributed by atoms with Gasteiger partial charge in [0.2, 0.25) is 0 Å². The van der Waals surface area contributed by atoms with Gasteiger partial charge in [-0.15, -0.1) is 0 Å². The van der Waals surface area contributed by atoms with Gasteiger partial charge in [0.05, 0.1) is 6.10 Å². The van der Waals surface area contributed by atoms with Crippen LogP contribution in [0.1, 0.15) is 11.9 Å². The first-order chi connectivity index (χ1) is 5.65. The first kappa shape index (κ1) is 10.1. The summed E-state index contributed by atoms with van der Waals surface area (Å²) in [5.41, 5.74) is 0. The van der Waals surface area contributed by atoms with Gasteiger partial charge in [0, 0.05) is 5.33 Å². The fraction of sp³-hybridized carbons (Fsp3) is 0.429. The molecule has 3 nitrogen and oxygen atoms in total. The zero-order valence-electron chi connectivity index (χ0n) is 6.08. The number of aliphatic hydroxyl groups excluding tert-OH is 2. The molecule has 0 amide bonds. The van der Waals surface area contributed by atoms with E-state index in [0.717, 1.165) is 0 Å². The number of alkyl halides is 1. The van der Waals surface area contributed by atoms with Gasteiger partial charge in [0.1, 0.15) is 11.9 Å². The number of aliphatic hydroxyl groups is 2. The molecule has 1 heterocycles. The van der Waals surface area contributed by atoms with E-state index in [2.05, 4.69) is 15.9 Å². The topological polar surface area (TPSA) is 53.6 Å². The highest BCUT2D eigenvalue weighted by atomic mass is 79.9. The van der Waals surface area contributed by atoms with Crippen molar-refractivity contribution >= 4 is 27.5 Å². The lowest BCUT2D eigenvalue weighted by Crippen LogP contribution is -2.18. The third-order valence-electron chi connectivity index (χ3n) is 1.41. The lowest BCUT2D eigenvalue weighted by molar-refractivity contribution is 0.0204. The third-order valence-corrected chi connectivity index (χ3v) is 2.27. The summed E-state index contributed by atoms with van der Waals surface area (Å²) < 4.78 is 4.90. The van der Waals surface area contributed by atoms with Crippen molar-refractivity contribution in [3.63, 3.8) is 0 Å². The van der Waals surface area contributed by atoms with E-state index in [-0.39, 0.29) is 16.3 Å². The lowest BCUT2D eigenvalue weighted by Gasteiger charge is -2.11. The maximum atomic E-state index is 9.37. The molecule has 0 aliphatic heterocycles. The van der Waals surface area contributed by atoms with E-state index in [1.807, 2.05) is 0 Å². The van der Waals surface area contributed by atoms with Gasteiger partial charge in [-0.25, -0.2) is 0 Å². The molecule has 12 heavy (non-hydrogen) atoms. The van der Waals surface area contributed by atoms with Gasteiger partial charge >= 0.3 is 0 Å². The molecule has 0 fully saturated rings. The highest BCUT2D eigenvalue weighted by molar-refractivity contribution is 9.09. The number of halogens is 2. The molecule has 0 spiro atoms. The molecule has 5 heteroatoms. The molecule has 0 aliphatic carbocycles. The highest BCUT2D eigenvalue weighted by Gasteiger charge is 2.20. The van der Waals surface area contributed by atoms with Gasteiger partial charge < -0.3 is 14.6 Å². The molecule has 0 aliphatic rings. The molecule has 1 rings (SSSR count). The van der Waals surface area contributed by atoms with Crippen LogP contribution in [0.25, 0.3) is 0 Å². The van der Waals surface area contributed by atoms with Crippen molar-refractivity contribution in [2.45, 2.75) is 12.2 Å². The molecule has 68 valence electrons. The summed E-state index contributed by atoms with van der Waals surface area (Å²) >= 11 is 8.52. The fourth-order valence-electron chi connectivity index (χ4n) is 0.761. The van der Waals surface area contributed by atoms with E-state index in [1.165, 1.54) is 12.1 Å². The summed E-state index contributed by atoms with van der Waals surface area (Å²) in [5, 5.41) is 19.0. The fourth-order valence-corrected chi connectivity index (χ4v) is 1.27. The number of furan rings is 1. The standard InChI is InChI=1S/C7H8BrClO3/c8-3-4(10)7(11)5-1-2-6(9)12-5/h1-2,4,7,10-11H,3H2. The summed E-state index contributed by atoms with van der Waals surface area (Å²) in [6.07, 6.45) is -1.91. The second-order valence-electron chi connectivity index (χ2n) is 2.31. The number of hydrogen-bond donors (Lipinski definition) is 2. The van der Waals surface area contributed by atoms with Crippen molar-refractivity contribution in [1.29, 1.82) is 0 Å². The predicted molar refractivity (Wildman–Crippen MR) is 48.5 cm³/mol. The Balaban J connectivity index is 2.70. The summed E-state index contributed by atoms with van der Waals surface area (Å²) in [6.45, 7) is 0. The molecule has 0 bridgehead atoms. The molecular formula is C7H8BrClO3. The van der Waals surface area contributed by atoms with Crippen molar-refractivity contribution in [3.05, 3.63) is 23.1 Å². The van der Waals surface area contributed by atoms with Crippen molar-refractivity contribution in [3.8, 4) is 0 Å². The van der Waals surface area contributed by atoms with E-state index >= 15 is 0 Å². The number of hydrogen-bond acceptors (Lipinski definition) is 3. The number of rotatable bonds is 3. The van der Waals surface area contributed by atoms with Gasteiger partial charge in [0.25, 0.3) is 0 Å². The lowest BCUT2D eigenvalue weighted by atomic mass is 10.2. The second-order valence-corrected chi connectivity index (χ2v) is 3.33. The Hall–Kier alpha value is -0.0300. The minimum Gasteiger partial charge on any atom is -0.447 e. The minimum atomic E-state index is -1.03. The van der Waals surface area contributed by atoms with Crippen molar-refractivity contribution in [2.24, 2.45) is 0 Å². The van der Waals surface area contributed by atoms with Crippen LogP contribution in [0.2, 0.25) is 5.22 Å². The molecular weight excluding hydrogens is 247 g/mol. The largest absolute Gasteiger partial charge is 0.447 e. The van der Waals surface area contributed by atoms with Crippen LogP contribution in [0.4, 0.5) is 0 Å².